The molecule has 1 aliphatic carbocycles. The Bertz CT molecular complexity index is 348. The molecule has 0 amide bonds. The summed E-state index contributed by atoms with van der Waals surface area (Å²) >= 11 is 0. The number of allylic oxidation sites excluding steroid dienone is 1. The summed E-state index contributed by atoms with van der Waals surface area (Å²) in [4.78, 5) is 0. The third kappa shape index (κ3) is 4.14. The molecule has 2 nitrogen and oxygen atoms in total. The maximum absolute atomic E-state index is 9.13. The van der Waals surface area contributed by atoms with Gasteiger partial charge in [0.1, 0.15) is 18.1 Å². The number of benzene rings is 1. The molecule has 1 fully saturated rings. The number of ether oxygens (including phenoxy) is 1. The fourth-order valence-electron chi connectivity index (χ4n) is 2.26. The Labute approximate surface area is 103 Å². The maximum Gasteiger partial charge on any atom is 0.120 e. The highest BCUT2D eigenvalue weighted by atomic mass is 16.5. The van der Waals surface area contributed by atoms with Gasteiger partial charge in [-0.2, -0.15) is 0 Å². The van der Waals surface area contributed by atoms with Crippen LogP contribution in [0.2, 0.25) is 0 Å². The lowest BCUT2D eigenvalue weighted by Gasteiger charge is -2.17. The maximum atomic E-state index is 9.13. The summed E-state index contributed by atoms with van der Waals surface area (Å²) in [6.45, 7) is 0.612. The molecular formula is C15H20O2. The summed E-state index contributed by atoms with van der Waals surface area (Å²) in [6, 6.07) is 6.84. The Balaban J connectivity index is 1.71. The van der Waals surface area contributed by atoms with Gasteiger partial charge in [-0.3, -0.25) is 0 Å². The SMILES string of the molecule is Oc1ccc(OCC=CC2CCCCC2)cc1. The van der Waals surface area contributed by atoms with E-state index >= 15 is 0 Å². The number of rotatable bonds is 4. The van der Waals surface area contributed by atoms with Crippen molar-refractivity contribution in [2.45, 2.75) is 32.1 Å². The van der Waals surface area contributed by atoms with Gasteiger partial charge in [0.15, 0.2) is 0 Å². The van der Waals surface area contributed by atoms with Crippen molar-refractivity contribution in [2.75, 3.05) is 6.61 Å². The normalized spacial score (nSPS) is 17.4. The van der Waals surface area contributed by atoms with Crippen molar-refractivity contribution in [3.05, 3.63) is 36.4 Å². The van der Waals surface area contributed by atoms with E-state index in [0.29, 0.717) is 6.61 Å². The van der Waals surface area contributed by atoms with E-state index in [1.165, 1.54) is 32.1 Å². The van der Waals surface area contributed by atoms with Crippen LogP contribution in [0.1, 0.15) is 32.1 Å². The third-order valence-corrected chi connectivity index (χ3v) is 3.24. The minimum atomic E-state index is 0.273. The first-order valence-corrected chi connectivity index (χ1v) is 6.43. The second kappa shape index (κ2) is 6.33. The Hall–Kier alpha value is -1.44. The molecule has 1 saturated carbocycles. The van der Waals surface area contributed by atoms with E-state index in [9.17, 15) is 0 Å². The van der Waals surface area contributed by atoms with Crippen LogP contribution in [0.5, 0.6) is 11.5 Å². The van der Waals surface area contributed by atoms with Crippen LogP contribution in [0.15, 0.2) is 36.4 Å². The Morgan fingerprint density at radius 3 is 2.53 bits per heavy atom. The molecule has 0 aliphatic heterocycles. The molecule has 92 valence electrons. The summed E-state index contributed by atoms with van der Waals surface area (Å²) in [6.07, 6.45) is 11.2. The molecular weight excluding hydrogens is 212 g/mol. The topological polar surface area (TPSA) is 29.5 Å². The van der Waals surface area contributed by atoms with E-state index in [0.717, 1.165) is 11.7 Å². The smallest absolute Gasteiger partial charge is 0.120 e. The summed E-state index contributed by atoms with van der Waals surface area (Å²) in [5.74, 6) is 1.83. The van der Waals surface area contributed by atoms with Gasteiger partial charge in [-0.05, 0) is 43.0 Å². The van der Waals surface area contributed by atoms with E-state index in [2.05, 4.69) is 12.2 Å². The van der Waals surface area contributed by atoms with Gasteiger partial charge >= 0.3 is 0 Å². The lowest BCUT2D eigenvalue weighted by atomic mass is 9.89. The van der Waals surface area contributed by atoms with Crippen LogP contribution in [0.4, 0.5) is 0 Å². The van der Waals surface area contributed by atoms with Crippen LogP contribution in [-0.4, -0.2) is 11.7 Å². The molecule has 0 spiro atoms. The molecule has 0 unspecified atom stereocenters. The van der Waals surface area contributed by atoms with E-state index in [-0.39, 0.29) is 5.75 Å². The molecule has 1 N–H and O–H groups in total. The second-order valence-electron chi connectivity index (χ2n) is 4.63. The molecule has 2 rings (SSSR count). The highest BCUT2D eigenvalue weighted by Gasteiger charge is 2.09. The van der Waals surface area contributed by atoms with Gasteiger partial charge in [-0.1, -0.05) is 31.4 Å². The van der Waals surface area contributed by atoms with Crippen LogP contribution < -0.4 is 4.74 Å². The van der Waals surface area contributed by atoms with Crippen molar-refractivity contribution in [3.8, 4) is 11.5 Å². The molecule has 17 heavy (non-hydrogen) atoms. The second-order valence-corrected chi connectivity index (χ2v) is 4.63. The standard InChI is InChI=1S/C15H20O2/c16-14-8-10-15(11-9-14)17-12-4-7-13-5-2-1-3-6-13/h4,7-11,13,16H,1-3,5-6,12H2. The quantitative estimate of drug-likeness (QED) is 0.797. The zero-order valence-electron chi connectivity index (χ0n) is 10.1. The van der Waals surface area contributed by atoms with Crippen molar-refractivity contribution in [1.82, 2.24) is 0 Å². The number of hydrogen-bond acceptors (Lipinski definition) is 2. The van der Waals surface area contributed by atoms with Crippen LogP contribution in [0, 0.1) is 5.92 Å². The molecule has 1 aromatic rings. The average Bonchev–Trinajstić information content (AvgIpc) is 2.38. The molecule has 0 atom stereocenters. The van der Waals surface area contributed by atoms with Crippen molar-refractivity contribution in [1.29, 1.82) is 0 Å². The Morgan fingerprint density at radius 1 is 1.12 bits per heavy atom. The van der Waals surface area contributed by atoms with Gasteiger partial charge in [0.05, 0.1) is 0 Å². The molecule has 0 saturated heterocycles. The molecule has 1 aliphatic rings. The summed E-state index contributed by atoms with van der Waals surface area (Å²) < 4.78 is 5.55. The number of phenolic OH excluding ortho intramolecular Hbond substituents is 1. The van der Waals surface area contributed by atoms with Crippen molar-refractivity contribution in [2.24, 2.45) is 5.92 Å². The number of hydrogen-bond donors (Lipinski definition) is 1. The van der Waals surface area contributed by atoms with Crippen molar-refractivity contribution in [3.63, 3.8) is 0 Å². The number of aromatic hydroxyl groups is 1. The first-order valence-electron chi connectivity index (χ1n) is 6.43. The average molecular weight is 232 g/mol. The van der Waals surface area contributed by atoms with Gasteiger partial charge in [-0.25, -0.2) is 0 Å². The molecule has 1 aromatic carbocycles. The monoisotopic (exact) mass is 232 g/mol. The number of phenols is 1. The first kappa shape index (κ1) is 12.0. The fourth-order valence-corrected chi connectivity index (χ4v) is 2.26. The van der Waals surface area contributed by atoms with Crippen LogP contribution in [0.3, 0.4) is 0 Å². The van der Waals surface area contributed by atoms with Crippen LogP contribution in [0.25, 0.3) is 0 Å². The molecule has 2 heteroatoms. The lowest BCUT2D eigenvalue weighted by molar-refractivity contribution is 0.358. The van der Waals surface area contributed by atoms with Gasteiger partial charge < -0.3 is 9.84 Å². The van der Waals surface area contributed by atoms with E-state index in [4.69, 9.17) is 9.84 Å². The molecule has 0 heterocycles. The molecule has 0 bridgehead atoms. The van der Waals surface area contributed by atoms with E-state index < -0.39 is 0 Å². The van der Waals surface area contributed by atoms with Crippen molar-refractivity contribution >= 4 is 0 Å². The highest BCUT2D eigenvalue weighted by Crippen LogP contribution is 2.24. The molecule has 0 aromatic heterocycles. The summed E-state index contributed by atoms with van der Waals surface area (Å²) in [5.41, 5.74) is 0. The predicted octanol–water partition coefficient (Wildman–Crippen LogP) is 3.91. The predicted molar refractivity (Wildman–Crippen MR) is 69.3 cm³/mol. The fraction of sp³-hybridized carbons (Fsp3) is 0.467. The van der Waals surface area contributed by atoms with Gasteiger partial charge in [0.2, 0.25) is 0 Å². The van der Waals surface area contributed by atoms with Crippen LogP contribution in [-0.2, 0) is 0 Å². The highest BCUT2D eigenvalue weighted by molar-refractivity contribution is 5.30. The van der Waals surface area contributed by atoms with Gasteiger partial charge in [0.25, 0.3) is 0 Å². The molecule has 0 radical (unpaired) electrons. The van der Waals surface area contributed by atoms with Gasteiger partial charge in [0, 0.05) is 0 Å². The zero-order valence-corrected chi connectivity index (χ0v) is 10.1. The summed E-state index contributed by atoms with van der Waals surface area (Å²) in [7, 11) is 0. The minimum absolute atomic E-state index is 0.273. The summed E-state index contributed by atoms with van der Waals surface area (Å²) in [5, 5.41) is 9.13. The van der Waals surface area contributed by atoms with Crippen LogP contribution >= 0.6 is 0 Å². The van der Waals surface area contributed by atoms with E-state index in [1.54, 1.807) is 24.3 Å². The Morgan fingerprint density at radius 2 is 1.82 bits per heavy atom. The Kier molecular flexibility index (Phi) is 4.48. The lowest BCUT2D eigenvalue weighted by Crippen LogP contribution is -2.03. The first-order chi connectivity index (χ1) is 8.34. The van der Waals surface area contributed by atoms with E-state index in [1.807, 2.05) is 0 Å². The third-order valence-electron chi connectivity index (χ3n) is 3.24. The zero-order chi connectivity index (χ0) is 11.9. The minimum Gasteiger partial charge on any atom is -0.508 e. The largest absolute Gasteiger partial charge is 0.508 e. The van der Waals surface area contributed by atoms with Gasteiger partial charge in [-0.15, -0.1) is 0 Å². The van der Waals surface area contributed by atoms with Crippen molar-refractivity contribution < 1.29 is 9.84 Å².